The van der Waals surface area contributed by atoms with Crippen LogP contribution in [-0.2, 0) is 19.7 Å². The predicted octanol–water partition coefficient (Wildman–Crippen LogP) is -0.902. The standard InChI is InChI=1S/C12H28BN3O6S.ClH/c1-4-22-11(17)12(14,7-5-6-9-13(18)19)8-10-15-23(20,21)16(2)3;/h15,18-19H,4-10,14H2,1-3H3;1H. The van der Waals surface area contributed by atoms with E-state index in [4.69, 9.17) is 20.5 Å². The smallest absolute Gasteiger partial charge is 0.451 e. The van der Waals surface area contributed by atoms with Gasteiger partial charge in [0.15, 0.2) is 0 Å². The van der Waals surface area contributed by atoms with Gasteiger partial charge < -0.3 is 20.5 Å². The zero-order valence-electron chi connectivity index (χ0n) is 14.4. The number of hydrogen-bond donors (Lipinski definition) is 4. The van der Waals surface area contributed by atoms with Crippen LogP contribution in [0.2, 0.25) is 6.32 Å². The molecular weight excluding hydrogens is 360 g/mol. The number of ether oxygens (including phenoxy) is 1. The number of unbranched alkanes of at least 4 members (excludes halogenated alkanes) is 1. The van der Waals surface area contributed by atoms with Crippen LogP contribution in [0, 0.1) is 0 Å². The van der Waals surface area contributed by atoms with E-state index in [1.54, 1.807) is 6.92 Å². The van der Waals surface area contributed by atoms with E-state index >= 15 is 0 Å². The van der Waals surface area contributed by atoms with Gasteiger partial charge in [0.05, 0.1) is 6.61 Å². The van der Waals surface area contributed by atoms with Gasteiger partial charge in [0.1, 0.15) is 5.54 Å². The van der Waals surface area contributed by atoms with E-state index in [1.165, 1.54) is 14.1 Å². The van der Waals surface area contributed by atoms with Crippen molar-refractivity contribution in [3.05, 3.63) is 0 Å². The average Bonchev–Trinajstić information content (AvgIpc) is 2.43. The Balaban J connectivity index is 0. The number of carbonyl (C=O) groups excluding carboxylic acids is 1. The molecule has 1 atom stereocenters. The minimum atomic E-state index is -3.59. The normalized spacial score (nSPS) is 14.0. The first kappa shape index (κ1) is 25.8. The highest BCUT2D eigenvalue weighted by atomic mass is 35.5. The summed E-state index contributed by atoms with van der Waals surface area (Å²) in [5.41, 5.74) is 4.79. The van der Waals surface area contributed by atoms with E-state index in [2.05, 4.69) is 4.72 Å². The number of nitrogens with one attached hydrogen (secondary N) is 1. The second-order valence-electron chi connectivity index (χ2n) is 5.53. The Morgan fingerprint density at radius 1 is 1.29 bits per heavy atom. The Kier molecular flexibility index (Phi) is 12.9. The Morgan fingerprint density at radius 2 is 1.88 bits per heavy atom. The molecule has 0 rings (SSSR count). The molecule has 5 N–H and O–H groups in total. The van der Waals surface area contributed by atoms with E-state index < -0.39 is 28.8 Å². The lowest BCUT2D eigenvalue weighted by atomic mass is 9.81. The summed E-state index contributed by atoms with van der Waals surface area (Å²) >= 11 is 0. The topological polar surface area (TPSA) is 142 Å². The van der Waals surface area contributed by atoms with Crippen molar-refractivity contribution in [3.63, 3.8) is 0 Å². The Labute approximate surface area is 150 Å². The van der Waals surface area contributed by atoms with Crippen molar-refractivity contribution >= 4 is 35.7 Å². The van der Waals surface area contributed by atoms with Crippen molar-refractivity contribution in [3.8, 4) is 0 Å². The first-order valence-corrected chi connectivity index (χ1v) is 8.98. The third-order valence-corrected chi connectivity index (χ3v) is 4.88. The molecule has 24 heavy (non-hydrogen) atoms. The fourth-order valence-corrected chi connectivity index (χ4v) is 2.52. The van der Waals surface area contributed by atoms with Crippen LogP contribution in [0.5, 0.6) is 0 Å². The summed E-state index contributed by atoms with van der Waals surface area (Å²) in [5, 5.41) is 17.6. The molecule has 0 fully saturated rings. The summed E-state index contributed by atoms with van der Waals surface area (Å²) in [6, 6.07) is 0. The summed E-state index contributed by atoms with van der Waals surface area (Å²) in [5.74, 6) is -0.589. The van der Waals surface area contributed by atoms with Crippen molar-refractivity contribution in [2.45, 2.75) is 44.5 Å². The molecule has 9 nitrogen and oxygen atoms in total. The minimum absolute atomic E-state index is 0. The molecule has 0 aromatic carbocycles. The maximum atomic E-state index is 12.0. The van der Waals surface area contributed by atoms with Crippen LogP contribution < -0.4 is 10.5 Å². The maximum absolute atomic E-state index is 12.0. The van der Waals surface area contributed by atoms with E-state index in [0.717, 1.165) is 4.31 Å². The highest BCUT2D eigenvalue weighted by molar-refractivity contribution is 7.87. The van der Waals surface area contributed by atoms with Crippen molar-refractivity contribution in [1.29, 1.82) is 0 Å². The summed E-state index contributed by atoms with van der Waals surface area (Å²) in [7, 11) is -2.19. The van der Waals surface area contributed by atoms with Crippen LogP contribution in [-0.4, -0.2) is 68.6 Å². The predicted molar refractivity (Wildman–Crippen MR) is 94.9 cm³/mol. The van der Waals surface area contributed by atoms with E-state index in [-0.39, 0.29) is 44.7 Å². The molecule has 0 heterocycles. The first-order chi connectivity index (χ1) is 10.5. The van der Waals surface area contributed by atoms with E-state index in [0.29, 0.717) is 12.8 Å². The minimum Gasteiger partial charge on any atom is -0.465 e. The van der Waals surface area contributed by atoms with E-state index in [9.17, 15) is 13.2 Å². The molecule has 144 valence electrons. The van der Waals surface area contributed by atoms with E-state index in [1.807, 2.05) is 0 Å². The SMILES string of the molecule is CCOC(=O)C(N)(CCCCB(O)O)CCNS(=O)(=O)N(C)C.Cl. The number of esters is 1. The van der Waals surface area contributed by atoms with Crippen LogP contribution in [0.25, 0.3) is 0 Å². The van der Waals surface area contributed by atoms with Crippen LogP contribution in [0.3, 0.4) is 0 Å². The highest BCUT2D eigenvalue weighted by Crippen LogP contribution is 2.19. The molecule has 0 amide bonds. The summed E-state index contributed by atoms with van der Waals surface area (Å²) in [6.07, 6.45) is 1.52. The van der Waals surface area contributed by atoms with Crippen molar-refractivity contribution < 1.29 is 28.0 Å². The molecule has 0 spiro atoms. The molecule has 0 aliphatic heterocycles. The van der Waals surface area contributed by atoms with Gasteiger partial charge in [-0.3, -0.25) is 4.79 Å². The fourth-order valence-electron chi connectivity index (χ4n) is 1.90. The van der Waals surface area contributed by atoms with Crippen LogP contribution >= 0.6 is 12.4 Å². The Hall–Kier alpha value is -0.425. The van der Waals surface area contributed by atoms with Crippen molar-refractivity contribution in [2.75, 3.05) is 27.2 Å². The Morgan fingerprint density at radius 3 is 2.33 bits per heavy atom. The molecule has 0 bridgehead atoms. The van der Waals surface area contributed by atoms with Gasteiger partial charge >= 0.3 is 13.1 Å². The molecule has 0 aromatic heterocycles. The van der Waals surface area contributed by atoms with Crippen LogP contribution in [0.15, 0.2) is 0 Å². The molecule has 0 radical (unpaired) electrons. The lowest BCUT2D eigenvalue weighted by Gasteiger charge is -2.27. The van der Waals surface area contributed by atoms with Crippen molar-refractivity contribution in [2.24, 2.45) is 5.73 Å². The molecule has 0 aromatic rings. The number of rotatable bonds is 12. The third-order valence-electron chi connectivity index (χ3n) is 3.35. The van der Waals surface area contributed by atoms with Gasteiger partial charge in [-0.25, -0.2) is 4.72 Å². The fraction of sp³-hybridized carbons (Fsp3) is 0.917. The lowest BCUT2D eigenvalue weighted by molar-refractivity contribution is -0.150. The number of halogens is 1. The molecular formula is C12H29BClN3O6S. The summed E-state index contributed by atoms with van der Waals surface area (Å²) < 4.78 is 31.6. The molecule has 0 aliphatic carbocycles. The van der Waals surface area contributed by atoms with Gasteiger partial charge in [-0.2, -0.15) is 12.7 Å². The largest absolute Gasteiger partial charge is 0.465 e. The number of hydrogen-bond acceptors (Lipinski definition) is 7. The van der Waals surface area contributed by atoms with Crippen LogP contribution in [0.1, 0.15) is 32.6 Å². The highest BCUT2D eigenvalue weighted by Gasteiger charge is 2.35. The Bertz CT molecular complexity index is 466. The van der Waals surface area contributed by atoms with Gasteiger partial charge in [-0.05, 0) is 26.1 Å². The molecule has 12 heteroatoms. The average molecular weight is 390 g/mol. The quantitative estimate of drug-likeness (QED) is 0.192. The van der Waals surface area contributed by atoms with Gasteiger partial charge in [-0.15, -0.1) is 12.4 Å². The molecule has 0 saturated heterocycles. The zero-order chi connectivity index (χ0) is 18.1. The molecule has 0 aliphatic rings. The lowest BCUT2D eigenvalue weighted by Crippen LogP contribution is -2.51. The van der Waals surface area contributed by atoms with Gasteiger partial charge in [0, 0.05) is 20.6 Å². The summed E-state index contributed by atoms with van der Waals surface area (Å²) in [4.78, 5) is 12.0. The van der Waals surface area contributed by atoms with Gasteiger partial charge in [0.25, 0.3) is 10.2 Å². The van der Waals surface area contributed by atoms with Gasteiger partial charge in [0.2, 0.25) is 0 Å². The monoisotopic (exact) mass is 389 g/mol. The van der Waals surface area contributed by atoms with Gasteiger partial charge in [-0.1, -0.05) is 12.8 Å². The molecule has 1 unspecified atom stereocenters. The maximum Gasteiger partial charge on any atom is 0.451 e. The zero-order valence-corrected chi connectivity index (χ0v) is 16.0. The van der Waals surface area contributed by atoms with Crippen LogP contribution in [0.4, 0.5) is 0 Å². The number of nitrogens with zero attached hydrogens (tertiary/aromatic N) is 1. The third kappa shape index (κ3) is 9.77. The van der Waals surface area contributed by atoms with Crippen molar-refractivity contribution in [1.82, 2.24) is 9.03 Å². The number of nitrogens with two attached hydrogens (primary N) is 1. The number of carbonyl (C=O) groups is 1. The second kappa shape index (κ2) is 12.0. The first-order valence-electron chi connectivity index (χ1n) is 7.54. The second-order valence-corrected chi connectivity index (χ2v) is 7.50. The summed E-state index contributed by atoms with van der Waals surface area (Å²) in [6.45, 7) is 1.84. The molecule has 0 saturated carbocycles.